The first-order chi connectivity index (χ1) is 17.4. The van der Waals surface area contributed by atoms with Crippen LogP contribution in [0.15, 0.2) is 41.8 Å². The number of anilines is 3. The number of nitrogens with zero attached hydrogens (tertiary/aromatic N) is 8. The summed E-state index contributed by atoms with van der Waals surface area (Å²) in [4.78, 5) is 18.5. The Bertz CT molecular complexity index is 1600. The summed E-state index contributed by atoms with van der Waals surface area (Å²) in [5.41, 5.74) is 4.37. The number of aromatic nitrogens is 7. The van der Waals surface area contributed by atoms with Gasteiger partial charge in [-0.15, -0.1) is 0 Å². The zero-order valence-electron chi connectivity index (χ0n) is 20.0. The van der Waals surface area contributed by atoms with Gasteiger partial charge in [-0.05, 0) is 48.0 Å². The van der Waals surface area contributed by atoms with E-state index in [-0.39, 0.29) is 0 Å². The van der Waals surface area contributed by atoms with Gasteiger partial charge in [-0.1, -0.05) is 12.1 Å². The second-order valence-corrected chi connectivity index (χ2v) is 10.1. The molecule has 0 radical (unpaired) electrons. The number of rotatable bonds is 7. The Kier molecular flexibility index (Phi) is 6.59. The highest BCUT2D eigenvalue weighted by Gasteiger charge is 2.25. The topological polar surface area (TPSA) is 131 Å². The molecule has 36 heavy (non-hydrogen) atoms. The van der Waals surface area contributed by atoms with E-state index in [1.54, 1.807) is 30.0 Å². The minimum Gasteiger partial charge on any atom is -0.494 e. The molecular formula is C23H22IN10OP. The van der Waals surface area contributed by atoms with Crippen molar-refractivity contribution in [1.82, 2.24) is 34.1 Å². The molecule has 0 bridgehead atoms. The number of pyridine rings is 2. The van der Waals surface area contributed by atoms with E-state index in [2.05, 4.69) is 64.2 Å². The predicted octanol–water partition coefficient (Wildman–Crippen LogP) is 4.74. The Morgan fingerprint density at radius 2 is 1.97 bits per heavy atom. The Morgan fingerprint density at radius 1 is 1.14 bits per heavy atom. The van der Waals surface area contributed by atoms with Gasteiger partial charge in [0.05, 0.1) is 24.9 Å². The van der Waals surface area contributed by atoms with Gasteiger partial charge in [0.1, 0.15) is 46.3 Å². The standard InChI is InChI=1S/C23H22IN10OP/c1-12-26-22(33(3)32-12)15-8-9-16(21(15)35-4)29-17-10-19(30-18-7-5-6-14(11-25)28-18)31-23-20(17)27-13(2)34(23)36-24/h5-7,9-10,36H,8H2,1-4H3,(H2,28,29,30,31). The summed E-state index contributed by atoms with van der Waals surface area (Å²) in [7, 11) is 3.53. The molecule has 1 aliphatic rings. The Balaban J connectivity index is 1.57. The van der Waals surface area contributed by atoms with Crippen LogP contribution in [-0.2, 0) is 11.8 Å². The van der Waals surface area contributed by atoms with Crippen LogP contribution in [0.3, 0.4) is 0 Å². The lowest BCUT2D eigenvalue weighted by Gasteiger charge is -2.14. The molecule has 13 heteroatoms. The van der Waals surface area contributed by atoms with Crippen molar-refractivity contribution in [3.63, 3.8) is 0 Å². The average Bonchev–Trinajstić information content (AvgIpc) is 3.52. The lowest BCUT2D eigenvalue weighted by Crippen LogP contribution is -2.07. The van der Waals surface area contributed by atoms with E-state index >= 15 is 0 Å². The molecule has 1 unspecified atom stereocenters. The number of nitriles is 1. The van der Waals surface area contributed by atoms with Crippen molar-refractivity contribution < 1.29 is 4.74 Å². The maximum absolute atomic E-state index is 9.20. The van der Waals surface area contributed by atoms with E-state index < -0.39 is 0 Å². The summed E-state index contributed by atoms with van der Waals surface area (Å²) in [5, 5.41) is 20.3. The first-order valence-electron chi connectivity index (χ1n) is 11.0. The average molecular weight is 612 g/mol. The molecule has 2 N–H and O–H groups in total. The number of fused-ring (bicyclic) bond motifs is 1. The predicted molar refractivity (Wildman–Crippen MR) is 148 cm³/mol. The SMILES string of the molecule is COC1=C(c2nc(C)nn2C)CC=C1Nc1cc(Nc2cccc(C#N)n2)nc2c1nc(C)n2PI. The van der Waals surface area contributed by atoms with Crippen molar-refractivity contribution >= 4 is 62.5 Å². The van der Waals surface area contributed by atoms with E-state index in [1.165, 1.54) is 0 Å². The highest BCUT2D eigenvalue weighted by Crippen LogP contribution is 2.38. The molecule has 11 nitrogen and oxygen atoms in total. The fourth-order valence-corrected chi connectivity index (χ4v) is 6.26. The number of methoxy groups -OCH3 is 1. The van der Waals surface area contributed by atoms with Gasteiger partial charge in [-0.2, -0.15) is 10.4 Å². The second kappa shape index (κ2) is 9.83. The molecule has 0 aromatic carbocycles. The van der Waals surface area contributed by atoms with Crippen molar-refractivity contribution in [3.05, 3.63) is 65.0 Å². The summed E-state index contributed by atoms with van der Waals surface area (Å²) >= 11 is 2.32. The van der Waals surface area contributed by atoms with Crippen LogP contribution in [0.5, 0.6) is 0 Å². The number of hydrogen-bond donors (Lipinski definition) is 2. The lowest BCUT2D eigenvalue weighted by atomic mass is 10.2. The first kappa shape index (κ1) is 24.1. The molecule has 0 saturated carbocycles. The van der Waals surface area contributed by atoms with Gasteiger partial charge in [0.15, 0.2) is 11.5 Å². The van der Waals surface area contributed by atoms with Crippen LogP contribution in [0.25, 0.3) is 16.7 Å². The van der Waals surface area contributed by atoms with Gasteiger partial charge in [-0.25, -0.2) is 24.6 Å². The van der Waals surface area contributed by atoms with Crippen LogP contribution >= 0.6 is 28.4 Å². The monoisotopic (exact) mass is 612 g/mol. The zero-order chi connectivity index (χ0) is 25.4. The third-order valence-electron chi connectivity index (χ3n) is 5.63. The van der Waals surface area contributed by atoms with Crippen LogP contribution in [0.2, 0.25) is 0 Å². The summed E-state index contributed by atoms with van der Waals surface area (Å²) < 4.78 is 9.64. The summed E-state index contributed by atoms with van der Waals surface area (Å²) in [6.45, 7) is 3.83. The highest BCUT2D eigenvalue weighted by molar-refractivity contribution is 14.2. The molecule has 1 atom stereocenters. The van der Waals surface area contributed by atoms with Crippen molar-refractivity contribution in [3.8, 4) is 6.07 Å². The van der Waals surface area contributed by atoms with Crippen LogP contribution in [0, 0.1) is 25.2 Å². The minimum absolute atomic E-state index is 0.326. The second-order valence-electron chi connectivity index (χ2n) is 8.02. The molecule has 0 aliphatic heterocycles. The molecule has 0 saturated heterocycles. The van der Waals surface area contributed by atoms with E-state index in [9.17, 15) is 5.26 Å². The third-order valence-corrected chi connectivity index (χ3v) is 7.78. The van der Waals surface area contributed by atoms with E-state index in [1.807, 2.05) is 27.0 Å². The Hall–Kier alpha value is -3.56. The Labute approximate surface area is 222 Å². The fourth-order valence-electron chi connectivity index (χ4n) is 4.12. The van der Waals surface area contributed by atoms with Gasteiger partial charge < -0.3 is 15.4 Å². The third kappa shape index (κ3) is 4.40. The number of ether oxygens (including phenoxy) is 1. The molecule has 0 amide bonds. The molecule has 4 heterocycles. The first-order valence-corrected chi connectivity index (χ1v) is 15.0. The maximum atomic E-state index is 9.20. The number of halogens is 1. The Morgan fingerprint density at radius 3 is 2.67 bits per heavy atom. The molecular weight excluding hydrogens is 590 g/mol. The molecule has 0 spiro atoms. The molecule has 4 aromatic rings. The van der Waals surface area contributed by atoms with E-state index in [0.29, 0.717) is 41.7 Å². The van der Waals surface area contributed by atoms with E-state index in [0.717, 1.165) is 39.8 Å². The molecule has 5 rings (SSSR count). The number of imidazole rings is 1. The van der Waals surface area contributed by atoms with Crippen molar-refractivity contribution in [2.75, 3.05) is 17.7 Å². The normalized spacial score (nSPS) is 13.5. The summed E-state index contributed by atoms with van der Waals surface area (Å²) in [5.74, 6) is 4.17. The van der Waals surface area contributed by atoms with E-state index in [4.69, 9.17) is 14.7 Å². The number of hydrogen-bond acceptors (Lipinski definition) is 9. The number of aryl methyl sites for hydroxylation is 3. The molecule has 1 aliphatic carbocycles. The summed E-state index contributed by atoms with van der Waals surface area (Å²) in [6.07, 6.45) is 3.15. The number of allylic oxidation sites excluding steroid dienone is 2. The van der Waals surface area contributed by atoms with Gasteiger partial charge in [0.25, 0.3) is 0 Å². The fraction of sp³-hybridized carbons (Fsp3) is 0.217. The maximum Gasteiger partial charge on any atom is 0.168 e. The van der Waals surface area contributed by atoms with Crippen molar-refractivity contribution in [1.29, 1.82) is 5.26 Å². The highest BCUT2D eigenvalue weighted by atomic mass is 127. The minimum atomic E-state index is 0.326. The van der Waals surface area contributed by atoms with Crippen LogP contribution < -0.4 is 10.6 Å². The zero-order valence-corrected chi connectivity index (χ0v) is 23.1. The smallest absolute Gasteiger partial charge is 0.168 e. The van der Waals surface area contributed by atoms with Gasteiger partial charge >= 0.3 is 0 Å². The van der Waals surface area contributed by atoms with Gasteiger partial charge in [-0.3, -0.25) is 4.34 Å². The molecule has 182 valence electrons. The van der Waals surface area contributed by atoms with Crippen molar-refractivity contribution in [2.24, 2.45) is 7.05 Å². The molecule has 0 fully saturated rings. The summed E-state index contributed by atoms with van der Waals surface area (Å²) in [6, 6.07) is 9.18. The van der Waals surface area contributed by atoms with Crippen LogP contribution in [0.1, 0.15) is 29.6 Å². The van der Waals surface area contributed by atoms with Gasteiger partial charge in [0, 0.05) is 25.1 Å². The van der Waals surface area contributed by atoms with Crippen molar-refractivity contribution in [2.45, 2.75) is 20.3 Å². The lowest BCUT2D eigenvalue weighted by molar-refractivity contribution is 0.304. The number of nitrogens with one attached hydrogen (secondary N) is 2. The quantitative estimate of drug-likeness (QED) is 0.225. The van der Waals surface area contributed by atoms with Crippen LogP contribution in [0.4, 0.5) is 17.3 Å². The van der Waals surface area contributed by atoms with Gasteiger partial charge in [0.2, 0.25) is 0 Å². The molecule has 4 aromatic heterocycles. The largest absolute Gasteiger partial charge is 0.494 e. The van der Waals surface area contributed by atoms with Crippen LogP contribution in [-0.4, -0.2) is 41.2 Å².